The summed E-state index contributed by atoms with van der Waals surface area (Å²) < 4.78 is 16.4. The van der Waals surface area contributed by atoms with Crippen LogP contribution in [0.25, 0.3) is 6.08 Å². The van der Waals surface area contributed by atoms with Crippen LogP contribution >= 0.6 is 0 Å². The third kappa shape index (κ3) is 4.27. The van der Waals surface area contributed by atoms with Crippen molar-refractivity contribution < 1.29 is 19.0 Å². The first kappa shape index (κ1) is 16.7. The van der Waals surface area contributed by atoms with Gasteiger partial charge in [0.25, 0.3) is 0 Å². The van der Waals surface area contributed by atoms with Crippen LogP contribution in [0, 0.1) is 0 Å². The van der Waals surface area contributed by atoms with Gasteiger partial charge in [-0.05, 0) is 48.0 Å². The smallest absolute Gasteiger partial charge is 0.248 e. The van der Waals surface area contributed by atoms with Gasteiger partial charge in [-0.15, -0.1) is 0 Å². The minimum atomic E-state index is -0.232. The molecule has 0 radical (unpaired) electrons. The van der Waals surface area contributed by atoms with Gasteiger partial charge in [-0.2, -0.15) is 0 Å². The van der Waals surface area contributed by atoms with Gasteiger partial charge in [-0.3, -0.25) is 4.79 Å². The average Bonchev–Trinajstić information content (AvgIpc) is 3.15. The number of nitrogens with one attached hydrogen (secondary N) is 1. The first-order valence-corrected chi connectivity index (χ1v) is 8.48. The summed E-state index contributed by atoms with van der Waals surface area (Å²) in [4.78, 5) is 12.2. The molecule has 0 unspecified atom stereocenters. The highest BCUT2D eigenvalue weighted by Crippen LogP contribution is 2.32. The SMILES string of the molecule is O=C(/C=C/c1ccc2c(c1)OCO2)Nc1cccc(Oc2ccccc2)c1. The molecule has 1 N–H and O–H groups in total. The maximum atomic E-state index is 12.2. The van der Waals surface area contributed by atoms with Gasteiger partial charge < -0.3 is 19.5 Å². The maximum absolute atomic E-state index is 12.2. The number of ether oxygens (including phenoxy) is 3. The Morgan fingerprint density at radius 1 is 0.889 bits per heavy atom. The Kier molecular flexibility index (Phi) is 4.74. The molecule has 3 aromatic rings. The molecular weight excluding hydrogens is 342 g/mol. The molecular formula is C22H17NO4. The Morgan fingerprint density at radius 2 is 1.70 bits per heavy atom. The van der Waals surface area contributed by atoms with E-state index in [1.54, 1.807) is 12.1 Å². The molecule has 1 aliphatic heterocycles. The van der Waals surface area contributed by atoms with E-state index in [4.69, 9.17) is 14.2 Å². The summed E-state index contributed by atoms with van der Waals surface area (Å²) in [5.74, 6) is 2.56. The van der Waals surface area contributed by atoms with Crippen molar-refractivity contribution in [2.24, 2.45) is 0 Å². The molecule has 5 heteroatoms. The van der Waals surface area contributed by atoms with Crippen LogP contribution in [-0.2, 0) is 4.79 Å². The molecule has 0 aromatic heterocycles. The molecule has 0 saturated heterocycles. The highest BCUT2D eigenvalue weighted by molar-refractivity contribution is 6.02. The topological polar surface area (TPSA) is 56.8 Å². The Hall–Kier alpha value is -3.73. The fourth-order valence-corrected chi connectivity index (χ4v) is 2.63. The number of carbonyl (C=O) groups excluding carboxylic acids is 1. The molecule has 0 bridgehead atoms. The van der Waals surface area contributed by atoms with Crippen LogP contribution in [0.2, 0.25) is 0 Å². The second kappa shape index (κ2) is 7.66. The van der Waals surface area contributed by atoms with Crippen molar-refractivity contribution >= 4 is 17.7 Å². The molecule has 1 heterocycles. The van der Waals surface area contributed by atoms with E-state index in [2.05, 4.69) is 5.32 Å². The van der Waals surface area contributed by atoms with Crippen LogP contribution in [-0.4, -0.2) is 12.7 Å². The van der Waals surface area contributed by atoms with Gasteiger partial charge in [0.15, 0.2) is 11.5 Å². The summed E-state index contributed by atoms with van der Waals surface area (Å²) in [5, 5.41) is 2.83. The van der Waals surface area contributed by atoms with Crippen molar-refractivity contribution in [2.75, 3.05) is 12.1 Å². The highest BCUT2D eigenvalue weighted by atomic mass is 16.7. The van der Waals surface area contributed by atoms with Gasteiger partial charge in [0.05, 0.1) is 0 Å². The first-order valence-electron chi connectivity index (χ1n) is 8.48. The van der Waals surface area contributed by atoms with Crippen molar-refractivity contribution in [3.63, 3.8) is 0 Å². The van der Waals surface area contributed by atoms with E-state index >= 15 is 0 Å². The van der Waals surface area contributed by atoms with Crippen LogP contribution in [0.4, 0.5) is 5.69 Å². The number of hydrogen-bond acceptors (Lipinski definition) is 4. The number of amides is 1. The first-order chi connectivity index (χ1) is 13.3. The summed E-state index contributed by atoms with van der Waals surface area (Å²) in [5.41, 5.74) is 1.51. The second-order valence-electron chi connectivity index (χ2n) is 5.88. The molecule has 1 amide bonds. The van der Waals surface area contributed by atoms with Crippen molar-refractivity contribution in [3.8, 4) is 23.0 Å². The van der Waals surface area contributed by atoms with E-state index in [-0.39, 0.29) is 12.7 Å². The monoisotopic (exact) mass is 359 g/mol. The second-order valence-corrected chi connectivity index (χ2v) is 5.88. The van der Waals surface area contributed by atoms with E-state index < -0.39 is 0 Å². The quantitative estimate of drug-likeness (QED) is 0.661. The van der Waals surface area contributed by atoms with E-state index in [9.17, 15) is 4.79 Å². The summed E-state index contributed by atoms with van der Waals surface area (Å²) >= 11 is 0. The number of anilines is 1. The number of rotatable bonds is 5. The van der Waals surface area contributed by atoms with E-state index in [0.717, 1.165) is 11.3 Å². The lowest BCUT2D eigenvalue weighted by Crippen LogP contribution is -2.07. The van der Waals surface area contributed by atoms with Gasteiger partial charge in [-0.1, -0.05) is 30.3 Å². The Morgan fingerprint density at radius 3 is 2.59 bits per heavy atom. The van der Waals surface area contributed by atoms with Crippen LogP contribution < -0.4 is 19.5 Å². The normalized spacial score (nSPS) is 12.1. The van der Waals surface area contributed by atoms with Gasteiger partial charge in [0.2, 0.25) is 12.7 Å². The maximum Gasteiger partial charge on any atom is 0.248 e. The zero-order valence-corrected chi connectivity index (χ0v) is 14.4. The lowest BCUT2D eigenvalue weighted by molar-refractivity contribution is -0.111. The van der Waals surface area contributed by atoms with Crippen LogP contribution in [0.15, 0.2) is 78.9 Å². The van der Waals surface area contributed by atoms with Gasteiger partial charge in [-0.25, -0.2) is 0 Å². The van der Waals surface area contributed by atoms with Crippen molar-refractivity contribution in [1.29, 1.82) is 0 Å². The summed E-state index contributed by atoms with van der Waals surface area (Å²) in [6, 6.07) is 22.3. The molecule has 5 nitrogen and oxygen atoms in total. The number of fused-ring (bicyclic) bond motifs is 1. The third-order valence-electron chi connectivity index (χ3n) is 3.90. The highest BCUT2D eigenvalue weighted by Gasteiger charge is 2.12. The average molecular weight is 359 g/mol. The molecule has 4 rings (SSSR count). The Balaban J connectivity index is 1.40. The number of benzene rings is 3. The minimum absolute atomic E-state index is 0.227. The summed E-state index contributed by atoms with van der Waals surface area (Å²) in [6.07, 6.45) is 3.20. The van der Waals surface area contributed by atoms with Crippen LogP contribution in [0.1, 0.15) is 5.56 Å². The molecule has 0 aliphatic carbocycles. The predicted molar refractivity (Wildman–Crippen MR) is 103 cm³/mol. The number of carbonyl (C=O) groups is 1. The summed E-state index contributed by atoms with van der Waals surface area (Å²) in [7, 11) is 0. The summed E-state index contributed by atoms with van der Waals surface area (Å²) in [6.45, 7) is 0.227. The lowest BCUT2D eigenvalue weighted by atomic mass is 10.2. The van der Waals surface area contributed by atoms with Crippen molar-refractivity contribution in [1.82, 2.24) is 0 Å². The predicted octanol–water partition coefficient (Wildman–Crippen LogP) is 4.86. The molecule has 27 heavy (non-hydrogen) atoms. The Labute approximate surface area is 156 Å². The van der Waals surface area contributed by atoms with Crippen molar-refractivity contribution in [2.45, 2.75) is 0 Å². The standard InChI is InChI=1S/C22H17NO4/c24-22(12-10-16-9-11-20-21(13-16)26-15-25-20)23-17-5-4-8-19(14-17)27-18-6-2-1-3-7-18/h1-14H,15H2,(H,23,24)/b12-10+. The number of para-hydroxylation sites is 1. The largest absolute Gasteiger partial charge is 0.457 e. The molecule has 0 saturated carbocycles. The lowest BCUT2D eigenvalue weighted by Gasteiger charge is -2.08. The molecule has 1 aliphatic rings. The van der Waals surface area contributed by atoms with Gasteiger partial charge >= 0.3 is 0 Å². The zero-order chi connectivity index (χ0) is 18.5. The molecule has 134 valence electrons. The molecule has 0 fully saturated rings. The van der Waals surface area contributed by atoms with Gasteiger partial charge in [0.1, 0.15) is 11.5 Å². The van der Waals surface area contributed by atoms with E-state index in [1.165, 1.54) is 6.08 Å². The zero-order valence-electron chi connectivity index (χ0n) is 14.4. The third-order valence-corrected chi connectivity index (χ3v) is 3.90. The molecule has 0 spiro atoms. The number of hydrogen-bond donors (Lipinski definition) is 1. The van der Waals surface area contributed by atoms with Crippen molar-refractivity contribution in [3.05, 3.63) is 84.4 Å². The van der Waals surface area contributed by atoms with E-state index in [1.807, 2.05) is 66.7 Å². The fraction of sp³-hybridized carbons (Fsp3) is 0.0455. The minimum Gasteiger partial charge on any atom is -0.457 e. The Bertz CT molecular complexity index is 983. The van der Waals surface area contributed by atoms with Crippen LogP contribution in [0.3, 0.4) is 0 Å². The molecule has 3 aromatic carbocycles. The fourth-order valence-electron chi connectivity index (χ4n) is 2.63. The van der Waals surface area contributed by atoms with Gasteiger partial charge in [0, 0.05) is 17.8 Å². The van der Waals surface area contributed by atoms with Crippen LogP contribution in [0.5, 0.6) is 23.0 Å². The van der Waals surface area contributed by atoms with E-state index in [0.29, 0.717) is 22.9 Å². The molecule has 0 atom stereocenters.